The molecule has 3 rings (SSSR count). The summed E-state index contributed by atoms with van der Waals surface area (Å²) in [6, 6.07) is 0. The highest BCUT2D eigenvalue weighted by Gasteiger charge is 2.53. The third kappa shape index (κ3) is 3.45. The van der Waals surface area contributed by atoms with E-state index < -0.39 is 11.7 Å². The molecule has 0 amide bonds. The Bertz CT molecular complexity index is 566. The van der Waals surface area contributed by atoms with Crippen molar-refractivity contribution in [1.82, 2.24) is 0 Å². The van der Waals surface area contributed by atoms with E-state index in [0.717, 1.165) is 32.1 Å². The molecule has 1 aliphatic carbocycles. The number of fused-ring (bicyclic) bond motifs is 4. The largest absolute Gasteiger partial charge is 0.453 e. The average Bonchev–Trinajstić information content (AvgIpc) is 3.18. The fraction of sp³-hybridized carbons (Fsp3) is 0.750. The lowest BCUT2D eigenvalue weighted by Crippen LogP contribution is -2.43. The number of esters is 1. The van der Waals surface area contributed by atoms with E-state index >= 15 is 0 Å². The second kappa shape index (κ2) is 6.30. The van der Waals surface area contributed by atoms with E-state index in [2.05, 4.69) is 26.5 Å². The molecule has 2 aliphatic heterocycles. The SMILES string of the molecule is C=C1C(=O)O[C@]2(C)CC[C@@H]1C[C@@H]1O[C@@]1(C)CC/C=C(/C)CC[C@H]2O. The Kier molecular flexibility index (Phi) is 4.65. The number of aliphatic hydroxyl groups excluding tert-OH is 1. The highest BCUT2D eigenvalue weighted by atomic mass is 16.6. The molecule has 24 heavy (non-hydrogen) atoms. The first-order chi connectivity index (χ1) is 11.2. The van der Waals surface area contributed by atoms with Crippen molar-refractivity contribution in [3.8, 4) is 0 Å². The molecule has 4 heteroatoms. The van der Waals surface area contributed by atoms with Crippen molar-refractivity contribution in [1.29, 1.82) is 0 Å². The Hall–Kier alpha value is -1.13. The number of hydrogen-bond donors (Lipinski definition) is 1. The molecule has 0 aromatic carbocycles. The lowest BCUT2D eigenvalue weighted by Gasteiger charge is -2.33. The number of hydrogen-bond acceptors (Lipinski definition) is 4. The van der Waals surface area contributed by atoms with Gasteiger partial charge < -0.3 is 14.6 Å². The molecule has 0 radical (unpaired) electrons. The minimum Gasteiger partial charge on any atom is -0.453 e. The first kappa shape index (κ1) is 17.7. The summed E-state index contributed by atoms with van der Waals surface area (Å²) < 4.78 is 11.7. The third-order valence-electron chi connectivity index (χ3n) is 6.25. The number of allylic oxidation sites excluding steroid dienone is 2. The van der Waals surface area contributed by atoms with Crippen molar-refractivity contribution >= 4 is 5.97 Å². The topological polar surface area (TPSA) is 59.1 Å². The molecule has 0 unspecified atom stereocenters. The van der Waals surface area contributed by atoms with E-state index in [9.17, 15) is 9.90 Å². The van der Waals surface area contributed by atoms with Crippen LogP contribution >= 0.6 is 0 Å². The van der Waals surface area contributed by atoms with Crippen molar-refractivity contribution in [3.05, 3.63) is 23.8 Å². The van der Waals surface area contributed by atoms with Crippen molar-refractivity contribution in [2.24, 2.45) is 5.92 Å². The molecule has 4 nitrogen and oxygen atoms in total. The summed E-state index contributed by atoms with van der Waals surface area (Å²) in [5, 5.41) is 10.7. The first-order valence-corrected chi connectivity index (χ1v) is 9.17. The minimum absolute atomic E-state index is 0.0692. The van der Waals surface area contributed by atoms with Crippen LogP contribution in [0.5, 0.6) is 0 Å². The van der Waals surface area contributed by atoms with E-state index in [1.165, 1.54) is 5.57 Å². The van der Waals surface area contributed by atoms with Crippen molar-refractivity contribution in [3.63, 3.8) is 0 Å². The lowest BCUT2D eigenvalue weighted by molar-refractivity contribution is -0.165. The number of epoxide rings is 1. The fourth-order valence-corrected chi connectivity index (χ4v) is 4.07. The molecule has 0 aromatic heterocycles. The maximum absolute atomic E-state index is 12.4. The number of carbonyl (C=O) groups is 1. The third-order valence-corrected chi connectivity index (χ3v) is 6.25. The summed E-state index contributed by atoms with van der Waals surface area (Å²) in [5.74, 6) is -0.276. The van der Waals surface area contributed by atoms with Gasteiger partial charge in [0.15, 0.2) is 0 Å². The second-order valence-electron chi connectivity index (χ2n) is 8.26. The minimum atomic E-state index is -0.827. The predicted octanol–water partition coefficient (Wildman–Crippen LogP) is 3.68. The van der Waals surface area contributed by atoms with Gasteiger partial charge in [0.1, 0.15) is 5.60 Å². The smallest absolute Gasteiger partial charge is 0.334 e. The second-order valence-corrected chi connectivity index (χ2v) is 8.26. The molecule has 134 valence electrons. The Morgan fingerprint density at radius 1 is 1.25 bits per heavy atom. The molecular weight excluding hydrogens is 304 g/mol. The molecule has 0 saturated carbocycles. The zero-order valence-corrected chi connectivity index (χ0v) is 15.1. The van der Waals surface area contributed by atoms with E-state index in [1.807, 2.05) is 6.92 Å². The average molecular weight is 334 g/mol. The van der Waals surface area contributed by atoms with Gasteiger partial charge in [-0.05, 0) is 71.6 Å². The fourth-order valence-electron chi connectivity index (χ4n) is 4.07. The molecule has 5 atom stereocenters. The zero-order valence-electron chi connectivity index (χ0n) is 15.1. The highest BCUT2D eigenvalue weighted by Crippen LogP contribution is 2.47. The Morgan fingerprint density at radius 2 is 2.00 bits per heavy atom. The number of carbonyl (C=O) groups excluding carboxylic acids is 1. The molecule has 0 spiro atoms. The van der Waals surface area contributed by atoms with Crippen molar-refractivity contribution < 1.29 is 19.4 Å². The van der Waals surface area contributed by atoms with Crippen molar-refractivity contribution in [2.45, 2.75) is 89.1 Å². The van der Waals surface area contributed by atoms with Crippen LogP contribution in [0.1, 0.15) is 65.7 Å². The van der Waals surface area contributed by atoms with Gasteiger partial charge in [0.05, 0.1) is 17.8 Å². The van der Waals surface area contributed by atoms with Crippen LogP contribution in [0.25, 0.3) is 0 Å². The van der Waals surface area contributed by atoms with Gasteiger partial charge in [0.2, 0.25) is 0 Å². The van der Waals surface area contributed by atoms with Crippen molar-refractivity contribution in [2.75, 3.05) is 0 Å². The summed E-state index contributed by atoms with van der Waals surface area (Å²) in [5.41, 5.74) is 0.915. The van der Waals surface area contributed by atoms with Gasteiger partial charge in [-0.25, -0.2) is 4.79 Å². The predicted molar refractivity (Wildman–Crippen MR) is 92.5 cm³/mol. The van der Waals surface area contributed by atoms with E-state index in [0.29, 0.717) is 18.4 Å². The van der Waals surface area contributed by atoms with Crippen LogP contribution in [0.15, 0.2) is 23.8 Å². The standard InChI is InChI=1S/C20H30O4/c1-13-6-5-10-20(4)17(23-20)12-15-9-11-19(3,16(21)8-7-13)24-18(22)14(15)2/h6,15-17,21H,2,5,7-12H2,1,3-4H3/b13-6-/t15-,16-,17+,19-,20+/m1/s1. The normalized spacial score (nSPS) is 46.2. The van der Waals surface area contributed by atoms with Crippen LogP contribution in [0, 0.1) is 5.92 Å². The first-order valence-electron chi connectivity index (χ1n) is 9.17. The molecule has 3 aliphatic rings. The monoisotopic (exact) mass is 334 g/mol. The van der Waals surface area contributed by atoms with Crippen LogP contribution in [0.2, 0.25) is 0 Å². The van der Waals surface area contributed by atoms with Gasteiger partial charge in [-0.1, -0.05) is 18.2 Å². The molecule has 2 fully saturated rings. The quantitative estimate of drug-likeness (QED) is 0.318. The Balaban J connectivity index is 1.85. The summed E-state index contributed by atoms with van der Waals surface area (Å²) in [6.07, 6.45) is 7.51. The van der Waals surface area contributed by atoms with Crippen LogP contribution in [-0.4, -0.2) is 34.5 Å². The number of ether oxygens (including phenoxy) is 2. The molecule has 0 aromatic rings. The van der Waals surface area contributed by atoms with E-state index in [-0.39, 0.29) is 23.6 Å². The van der Waals surface area contributed by atoms with Crippen LogP contribution in [-0.2, 0) is 14.3 Å². The lowest BCUT2D eigenvalue weighted by atomic mass is 9.82. The molecule has 2 saturated heterocycles. The molecule has 1 N–H and O–H groups in total. The van der Waals surface area contributed by atoms with Gasteiger partial charge in [0.25, 0.3) is 0 Å². The van der Waals surface area contributed by atoms with Gasteiger partial charge in [-0.2, -0.15) is 0 Å². The van der Waals surface area contributed by atoms with Gasteiger partial charge in [-0.15, -0.1) is 0 Å². The van der Waals surface area contributed by atoms with Gasteiger partial charge in [0, 0.05) is 5.57 Å². The number of aliphatic hydroxyl groups is 1. The highest BCUT2D eigenvalue weighted by molar-refractivity contribution is 5.89. The summed E-state index contributed by atoms with van der Waals surface area (Å²) in [7, 11) is 0. The summed E-state index contributed by atoms with van der Waals surface area (Å²) in [6.45, 7) is 10.1. The maximum Gasteiger partial charge on any atom is 0.334 e. The molecule has 2 heterocycles. The molecular formula is C20H30O4. The van der Waals surface area contributed by atoms with E-state index in [4.69, 9.17) is 9.47 Å². The Morgan fingerprint density at radius 3 is 2.75 bits per heavy atom. The summed E-state index contributed by atoms with van der Waals surface area (Å²) in [4.78, 5) is 12.4. The maximum atomic E-state index is 12.4. The molecule has 2 bridgehead atoms. The van der Waals surface area contributed by atoms with Crippen LogP contribution < -0.4 is 0 Å². The van der Waals surface area contributed by atoms with Gasteiger partial charge >= 0.3 is 5.97 Å². The van der Waals surface area contributed by atoms with Crippen LogP contribution in [0.3, 0.4) is 0 Å². The zero-order chi connectivity index (χ0) is 17.5. The van der Waals surface area contributed by atoms with E-state index in [1.54, 1.807) is 0 Å². The Labute approximate surface area is 144 Å². The van der Waals surface area contributed by atoms with Crippen LogP contribution in [0.4, 0.5) is 0 Å². The number of rotatable bonds is 0. The van der Waals surface area contributed by atoms with Gasteiger partial charge in [-0.3, -0.25) is 0 Å². The summed E-state index contributed by atoms with van der Waals surface area (Å²) >= 11 is 0.